The number of rotatable bonds is 10. The van der Waals surface area contributed by atoms with Crippen LogP contribution in [0.5, 0.6) is 0 Å². The van der Waals surface area contributed by atoms with Crippen LogP contribution in [-0.4, -0.2) is 44.2 Å². The zero-order valence-corrected chi connectivity index (χ0v) is 10.2. The van der Waals surface area contributed by atoms with E-state index in [0.29, 0.717) is 19.0 Å². The lowest BCUT2D eigenvalue weighted by molar-refractivity contribution is -0.173. The van der Waals surface area contributed by atoms with Crippen LogP contribution in [0, 0.1) is 5.92 Å². The van der Waals surface area contributed by atoms with E-state index in [1.165, 1.54) is 0 Å². The second-order valence-electron chi connectivity index (χ2n) is 4.04. The topological polar surface area (TPSA) is 41.5 Å². The Labute approximate surface area is 100 Å². The first-order chi connectivity index (χ1) is 7.99. The van der Waals surface area contributed by atoms with E-state index in [2.05, 4.69) is 17.0 Å². The third kappa shape index (κ3) is 11.9. The van der Waals surface area contributed by atoms with Gasteiger partial charge in [-0.1, -0.05) is 13.3 Å². The molecule has 0 amide bonds. The van der Waals surface area contributed by atoms with Crippen molar-refractivity contribution in [1.82, 2.24) is 5.32 Å². The monoisotopic (exact) mass is 257 g/mol. The summed E-state index contributed by atoms with van der Waals surface area (Å²) < 4.78 is 39.6. The SMILES string of the molecule is CCCC(CCO)CNCCOCC(F)(F)F. The van der Waals surface area contributed by atoms with Crippen LogP contribution in [0.3, 0.4) is 0 Å². The summed E-state index contributed by atoms with van der Waals surface area (Å²) in [6, 6.07) is 0. The molecule has 104 valence electrons. The van der Waals surface area contributed by atoms with Crippen molar-refractivity contribution in [3.05, 3.63) is 0 Å². The van der Waals surface area contributed by atoms with Gasteiger partial charge < -0.3 is 15.2 Å². The lowest BCUT2D eigenvalue weighted by Gasteiger charge is -2.15. The third-order valence-electron chi connectivity index (χ3n) is 2.36. The van der Waals surface area contributed by atoms with Gasteiger partial charge in [0.2, 0.25) is 0 Å². The summed E-state index contributed by atoms with van der Waals surface area (Å²) in [6.45, 7) is 2.19. The lowest BCUT2D eigenvalue weighted by atomic mass is 10.0. The molecule has 0 spiro atoms. The van der Waals surface area contributed by atoms with E-state index in [1.807, 2.05) is 0 Å². The quantitative estimate of drug-likeness (QED) is 0.588. The van der Waals surface area contributed by atoms with Gasteiger partial charge in [0.25, 0.3) is 0 Å². The van der Waals surface area contributed by atoms with Gasteiger partial charge in [-0.05, 0) is 25.3 Å². The Bertz CT molecular complexity index is 171. The minimum atomic E-state index is -4.25. The van der Waals surface area contributed by atoms with E-state index in [-0.39, 0.29) is 13.2 Å². The Balaban J connectivity index is 3.41. The second-order valence-corrected chi connectivity index (χ2v) is 4.04. The van der Waals surface area contributed by atoms with E-state index >= 15 is 0 Å². The summed E-state index contributed by atoms with van der Waals surface area (Å²) in [7, 11) is 0. The van der Waals surface area contributed by atoms with E-state index in [0.717, 1.165) is 19.3 Å². The number of hydrogen-bond acceptors (Lipinski definition) is 3. The molecule has 2 N–H and O–H groups in total. The highest BCUT2D eigenvalue weighted by molar-refractivity contribution is 4.61. The van der Waals surface area contributed by atoms with Gasteiger partial charge in [-0.25, -0.2) is 0 Å². The second kappa shape index (κ2) is 9.67. The van der Waals surface area contributed by atoms with Crippen molar-refractivity contribution in [2.75, 3.05) is 32.9 Å². The summed E-state index contributed by atoms with van der Waals surface area (Å²) in [5.74, 6) is 0.382. The molecule has 0 heterocycles. The predicted octanol–water partition coefficient (Wildman–Crippen LogP) is 1.95. The molecule has 3 nitrogen and oxygen atoms in total. The summed E-state index contributed by atoms with van der Waals surface area (Å²) in [6.07, 6.45) is -1.47. The smallest absolute Gasteiger partial charge is 0.396 e. The van der Waals surface area contributed by atoms with E-state index < -0.39 is 12.8 Å². The standard InChI is InChI=1S/C11H22F3NO2/c1-2-3-10(4-6-16)8-15-5-7-17-9-11(12,13)14/h10,15-16H,2-9H2,1H3. The minimum Gasteiger partial charge on any atom is -0.396 e. The van der Waals surface area contributed by atoms with Crippen molar-refractivity contribution >= 4 is 0 Å². The predicted molar refractivity (Wildman–Crippen MR) is 59.8 cm³/mol. The van der Waals surface area contributed by atoms with Gasteiger partial charge in [-0.15, -0.1) is 0 Å². The number of ether oxygens (including phenoxy) is 1. The van der Waals surface area contributed by atoms with Gasteiger partial charge >= 0.3 is 6.18 Å². The van der Waals surface area contributed by atoms with Crippen molar-refractivity contribution in [1.29, 1.82) is 0 Å². The number of nitrogens with one attached hydrogen (secondary N) is 1. The van der Waals surface area contributed by atoms with Gasteiger partial charge in [0.15, 0.2) is 0 Å². The number of alkyl halides is 3. The molecule has 0 fully saturated rings. The van der Waals surface area contributed by atoms with Gasteiger partial charge in [0.05, 0.1) is 6.61 Å². The van der Waals surface area contributed by atoms with Crippen LogP contribution in [0.15, 0.2) is 0 Å². The molecule has 0 aliphatic heterocycles. The van der Waals surface area contributed by atoms with Crippen LogP contribution >= 0.6 is 0 Å². The van der Waals surface area contributed by atoms with Crippen LogP contribution < -0.4 is 5.32 Å². The first-order valence-electron chi connectivity index (χ1n) is 5.95. The number of aliphatic hydroxyl groups is 1. The molecular weight excluding hydrogens is 235 g/mol. The van der Waals surface area contributed by atoms with Crippen LogP contribution in [0.1, 0.15) is 26.2 Å². The highest BCUT2D eigenvalue weighted by Crippen LogP contribution is 2.14. The van der Waals surface area contributed by atoms with Crippen LogP contribution in [-0.2, 0) is 4.74 Å². The largest absolute Gasteiger partial charge is 0.411 e. The van der Waals surface area contributed by atoms with Crippen molar-refractivity contribution < 1.29 is 23.0 Å². The number of aliphatic hydroxyl groups excluding tert-OH is 1. The number of hydrogen-bond donors (Lipinski definition) is 2. The lowest BCUT2D eigenvalue weighted by Crippen LogP contribution is -2.28. The fraction of sp³-hybridized carbons (Fsp3) is 1.00. The Morgan fingerprint density at radius 2 is 2.00 bits per heavy atom. The molecule has 6 heteroatoms. The number of halogens is 3. The Morgan fingerprint density at radius 1 is 1.29 bits per heavy atom. The maximum Gasteiger partial charge on any atom is 0.411 e. The molecule has 0 radical (unpaired) electrons. The van der Waals surface area contributed by atoms with Crippen molar-refractivity contribution in [2.45, 2.75) is 32.4 Å². The fourth-order valence-corrected chi connectivity index (χ4v) is 1.58. The molecule has 0 aromatic heterocycles. The molecule has 17 heavy (non-hydrogen) atoms. The fourth-order valence-electron chi connectivity index (χ4n) is 1.58. The Hall–Kier alpha value is -0.330. The maximum atomic E-state index is 11.7. The minimum absolute atomic E-state index is 0.0531. The first-order valence-corrected chi connectivity index (χ1v) is 5.95. The zero-order chi connectivity index (χ0) is 13.1. The molecular formula is C11H22F3NO2. The van der Waals surface area contributed by atoms with Crippen molar-refractivity contribution in [3.63, 3.8) is 0 Å². The van der Waals surface area contributed by atoms with Gasteiger partial charge in [0, 0.05) is 13.2 Å². The van der Waals surface area contributed by atoms with Crippen molar-refractivity contribution in [2.24, 2.45) is 5.92 Å². The van der Waals surface area contributed by atoms with E-state index in [4.69, 9.17) is 5.11 Å². The summed E-state index contributed by atoms with van der Waals surface area (Å²) >= 11 is 0. The first kappa shape index (κ1) is 16.7. The molecule has 0 aromatic rings. The molecule has 0 saturated carbocycles. The van der Waals surface area contributed by atoms with Crippen LogP contribution in [0.25, 0.3) is 0 Å². The molecule has 0 aliphatic carbocycles. The highest BCUT2D eigenvalue weighted by atomic mass is 19.4. The van der Waals surface area contributed by atoms with E-state index in [1.54, 1.807) is 0 Å². The van der Waals surface area contributed by atoms with Gasteiger partial charge in [0.1, 0.15) is 6.61 Å². The molecule has 0 bridgehead atoms. The highest BCUT2D eigenvalue weighted by Gasteiger charge is 2.27. The van der Waals surface area contributed by atoms with Gasteiger partial charge in [-0.2, -0.15) is 13.2 Å². The average Bonchev–Trinajstić information content (AvgIpc) is 2.22. The molecule has 0 aromatic carbocycles. The van der Waals surface area contributed by atoms with Crippen LogP contribution in [0.4, 0.5) is 13.2 Å². The molecule has 0 aliphatic rings. The Morgan fingerprint density at radius 3 is 2.53 bits per heavy atom. The summed E-state index contributed by atoms with van der Waals surface area (Å²) in [5.41, 5.74) is 0. The normalized spacial score (nSPS) is 13.9. The summed E-state index contributed by atoms with van der Waals surface area (Å²) in [5, 5.41) is 11.9. The maximum absolute atomic E-state index is 11.7. The summed E-state index contributed by atoms with van der Waals surface area (Å²) in [4.78, 5) is 0. The van der Waals surface area contributed by atoms with E-state index in [9.17, 15) is 13.2 Å². The zero-order valence-electron chi connectivity index (χ0n) is 10.2. The average molecular weight is 257 g/mol. The molecule has 1 atom stereocenters. The molecule has 1 unspecified atom stereocenters. The van der Waals surface area contributed by atoms with Crippen molar-refractivity contribution in [3.8, 4) is 0 Å². The van der Waals surface area contributed by atoms with Gasteiger partial charge in [-0.3, -0.25) is 0 Å². The molecule has 0 rings (SSSR count). The third-order valence-corrected chi connectivity index (χ3v) is 2.36. The Kier molecular flexibility index (Phi) is 9.49. The van der Waals surface area contributed by atoms with Crippen LogP contribution in [0.2, 0.25) is 0 Å². The molecule has 0 saturated heterocycles.